The molecule has 0 aliphatic heterocycles. The molecule has 0 aromatic heterocycles. The fourth-order valence-electron chi connectivity index (χ4n) is 2.97. The molecule has 0 atom stereocenters. The molecule has 1 aliphatic carbocycles. The largest absolute Gasteiger partial charge is 0.316 e. The first kappa shape index (κ1) is 16.5. The maximum absolute atomic E-state index is 12.2. The van der Waals surface area contributed by atoms with Gasteiger partial charge in [-0.15, -0.1) is 0 Å². The van der Waals surface area contributed by atoms with Crippen LogP contribution in [0.25, 0.3) is 0 Å². The van der Waals surface area contributed by atoms with E-state index in [1.807, 2.05) is 19.2 Å². The van der Waals surface area contributed by atoms with Crippen molar-refractivity contribution in [3.63, 3.8) is 0 Å². The molecule has 118 valence electrons. The smallest absolute Gasteiger partial charge is 0.240 e. The first-order valence-corrected chi connectivity index (χ1v) is 9.33. The summed E-state index contributed by atoms with van der Waals surface area (Å²) in [6.45, 7) is 1.28. The topological polar surface area (TPSA) is 58.2 Å². The van der Waals surface area contributed by atoms with Crippen LogP contribution in [0.3, 0.4) is 0 Å². The highest BCUT2D eigenvalue weighted by molar-refractivity contribution is 7.89. The number of hydrogen-bond acceptors (Lipinski definition) is 3. The normalized spacial score (nSPS) is 16.4. The monoisotopic (exact) mass is 310 g/mol. The predicted molar refractivity (Wildman–Crippen MR) is 85.6 cm³/mol. The summed E-state index contributed by atoms with van der Waals surface area (Å²) in [5.74, 6) is 0.815. The lowest BCUT2D eigenvalue weighted by molar-refractivity contribution is 0.480. The summed E-state index contributed by atoms with van der Waals surface area (Å²) in [4.78, 5) is 0.350. The molecule has 5 heteroatoms. The van der Waals surface area contributed by atoms with E-state index in [1.54, 1.807) is 12.1 Å². The van der Waals surface area contributed by atoms with E-state index in [2.05, 4.69) is 10.0 Å². The minimum absolute atomic E-state index is 0.350. The van der Waals surface area contributed by atoms with Gasteiger partial charge in [0.05, 0.1) is 4.90 Å². The summed E-state index contributed by atoms with van der Waals surface area (Å²) in [6, 6.07) is 7.05. The zero-order chi connectivity index (χ0) is 15.1. The van der Waals surface area contributed by atoms with Crippen molar-refractivity contribution in [1.29, 1.82) is 0 Å². The van der Waals surface area contributed by atoms with Gasteiger partial charge in [-0.1, -0.05) is 37.8 Å². The molecule has 1 aliphatic rings. The fourth-order valence-corrected chi connectivity index (χ4v) is 4.04. The van der Waals surface area contributed by atoms with Gasteiger partial charge in [0.15, 0.2) is 0 Å². The molecular weight excluding hydrogens is 284 g/mol. The van der Waals surface area contributed by atoms with E-state index in [9.17, 15) is 8.42 Å². The fraction of sp³-hybridized carbons (Fsp3) is 0.625. The Morgan fingerprint density at radius 2 is 1.81 bits per heavy atom. The third-order valence-electron chi connectivity index (χ3n) is 4.17. The molecule has 0 unspecified atom stereocenters. The molecule has 0 radical (unpaired) electrons. The van der Waals surface area contributed by atoms with Crippen molar-refractivity contribution in [3.8, 4) is 0 Å². The zero-order valence-electron chi connectivity index (χ0n) is 12.8. The molecule has 0 amide bonds. The molecule has 0 bridgehead atoms. The zero-order valence-corrected chi connectivity index (χ0v) is 13.6. The van der Waals surface area contributed by atoms with Crippen molar-refractivity contribution < 1.29 is 8.42 Å². The maximum Gasteiger partial charge on any atom is 0.240 e. The minimum Gasteiger partial charge on any atom is -0.316 e. The Labute approximate surface area is 128 Å². The maximum atomic E-state index is 12.2. The van der Waals surface area contributed by atoms with Gasteiger partial charge in [-0.05, 0) is 43.5 Å². The minimum atomic E-state index is -3.36. The summed E-state index contributed by atoms with van der Waals surface area (Å²) in [5.41, 5.74) is 1.08. The number of rotatable bonds is 8. The van der Waals surface area contributed by atoms with Gasteiger partial charge in [0.25, 0.3) is 0 Å². The van der Waals surface area contributed by atoms with Gasteiger partial charge >= 0.3 is 0 Å². The van der Waals surface area contributed by atoms with Gasteiger partial charge in [-0.2, -0.15) is 0 Å². The number of benzene rings is 1. The third kappa shape index (κ3) is 5.09. The molecule has 0 saturated heterocycles. The predicted octanol–water partition coefficient (Wildman–Crippen LogP) is 2.65. The van der Waals surface area contributed by atoms with Gasteiger partial charge in [0.2, 0.25) is 10.0 Å². The third-order valence-corrected chi connectivity index (χ3v) is 5.65. The van der Waals surface area contributed by atoms with Gasteiger partial charge in [0.1, 0.15) is 0 Å². The first-order chi connectivity index (χ1) is 10.1. The molecule has 2 rings (SSSR count). The second-order valence-corrected chi connectivity index (χ2v) is 7.63. The molecule has 1 aromatic rings. The van der Waals surface area contributed by atoms with Crippen molar-refractivity contribution in [2.45, 2.75) is 50.0 Å². The van der Waals surface area contributed by atoms with Crippen molar-refractivity contribution in [1.82, 2.24) is 10.0 Å². The molecule has 1 fully saturated rings. The molecule has 4 nitrogen and oxygen atoms in total. The summed E-state index contributed by atoms with van der Waals surface area (Å²) >= 11 is 0. The average Bonchev–Trinajstić information content (AvgIpc) is 2.98. The van der Waals surface area contributed by atoms with Crippen LogP contribution in [-0.2, 0) is 16.6 Å². The highest BCUT2D eigenvalue weighted by Gasteiger charge is 2.16. The lowest BCUT2D eigenvalue weighted by atomic mass is 10.0. The standard InChI is InChI=1S/C16H26N2O2S/c1-17-13-15-8-10-16(11-9-15)21(19,20)18-12-4-7-14-5-2-3-6-14/h8-11,14,17-18H,2-7,12-13H2,1H3. The van der Waals surface area contributed by atoms with E-state index in [0.717, 1.165) is 30.9 Å². The molecule has 0 spiro atoms. The van der Waals surface area contributed by atoms with Crippen LogP contribution in [0.15, 0.2) is 29.2 Å². The number of nitrogens with one attached hydrogen (secondary N) is 2. The van der Waals surface area contributed by atoms with E-state index < -0.39 is 10.0 Å². The van der Waals surface area contributed by atoms with Crippen LogP contribution in [0, 0.1) is 5.92 Å². The number of sulfonamides is 1. The summed E-state index contributed by atoms with van der Waals surface area (Å²) in [7, 11) is -1.49. The van der Waals surface area contributed by atoms with Gasteiger partial charge in [0, 0.05) is 13.1 Å². The molecule has 2 N–H and O–H groups in total. The Morgan fingerprint density at radius 1 is 1.14 bits per heavy atom. The van der Waals surface area contributed by atoms with Crippen LogP contribution in [0.1, 0.15) is 44.1 Å². The lowest BCUT2D eigenvalue weighted by Crippen LogP contribution is -2.25. The van der Waals surface area contributed by atoms with E-state index in [0.29, 0.717) is 11.4 Å². The van der Waals surface area contributed by atoms with Crippen molar-refractivity contribution >= 4 is 10.0 Å². The van der Waals surface area contributed by atoms with Crippen molar-refractivity contribution in [2.75, 3.05) is 13.6 Å². The highest BCUT2D eigenvalue weighted by atomic mass is 32.2. The van der Waals surface area contributed by atoms with Gasteiger partial charge < -0.3 is 5.32 Å². The van der Waals surface area contributed by atoms with Gasteiger partial charge in [-0.25, -0.2) is 13.1 Å². The van der Waals surface area contributed by atoms with Crippen LogP contribution >= 0.6 is 0 Å². The van der Waals surface area contributed by atoms with Crippen LogP contribution in [0.5, 0.6) is 0 Å². The second-order valence-electron chi connectivity index (χ2n) is 5.86. The lowest BCUT2D eigenvalue weighted by Gasteiger charge is -2.10. The Balaban J connectivity index is 1.80. The van der Waals surface area contributed by atoms with E-state index in [-0.39, 0.29) is 0 Å². The summed E-state index contributed by atoms with van der Waals surface area (Å²) < 4.78 is 27.0. The summed E-state index contributed by atoms with van der Waals surface area (Å²) in [5, 5.41) is 3.05. The molecular formula is C16H26N2O2S. The Morgan fingerprint density at radius 3 is 2.43 bits per heavy atom. The van der Waals surface area contributed by atoms with Gasteiger partial charge in [-0.3, -0.25) is 0 Å². The number of hydrogen-bond donors (Lipinski definition) is 2. The van der Waals surface area contributed by atoms with Crippen LogP contribution in [-0.4, -0.2) is 22.0 Å². The highest BCUT2D eigenvalue weighted by Crippen LogP contribution is 2.28. The first-order valence-electron chi connectivity index (χ1n) is 7.85. The SMILES string of the molecule is CNCc1ccc(S(=O)(=O)NCCCC2CCCC2)cc1. The molecule has 21 heavy (non-hydrogen) atoms. The molecule has 1 aromatic carbocycles. The van der Waals surface area contributed by atoms with E-state index in [4.69, 9.17) is 0 Å². The van der Waals surface area contributed by atoms with E-state index >= 15 is 0 Å². The molecule has 1 saturated carbocycles. The quantitative estimate of drug-likeness (QED) is 0.726. The van der Waals surface area contributed by atoms with Crippen molar-refractivity contribution in [2.24, 2.45) is 5.92 Å². The second kappa shape index (κ2) is 7.92. The van der Waals surface area contributed by atoms with Crippen LogP contribution < -0.4 is 10.0 Å². The molecule has 0 heterocycles. The average molecular weight is 310 g/mol. The Bertz CT molecular complexity index is 520. The van der Waals surface area contributed by atoms with Crippen molar-refractivity contribution in [3.05, 3.63) is 29.8 Å². The Hall–Kier alpha value is -0.910. The Kier molecular flexibility index (Phi) is 6.21. The van der Waals surface area contributed by atoms with Crippen LogP contribution in [0.2, 0.25) is 0 Å². The van der Waals surface area contributed by atoms with Crippen LogP contribution in [0.4, 0.5) is 0 Å². The van der Waals surface area contributed by atoms with E-state index in [1.165, 1.54) is 25.7 Å². The summed E-state index contributed by atoms with van der Waals surface area (Å²) in [6.07, 6.45) is 7.40.